The Morgan fingerprint density at radius 2 is 2.08 bits per heavy atom. The van der Waals surface area contributed by atoms with Gasteiger partial charge in [0.2, 0.25) is 0 Å². The van der Waals surface area contributed by atoms with Crippen molar-refractivity contribution in [2.24, 2.45) is 5.92 Å². The first kappa shape index (κ1) is 15.4. The van der Waals surface area contributed by atoms with Gasteiger partial charge in [0.05, 0.1) is 5.69 Å². The molecule has 1 aliphatic heterocycles. The van der Waals surface area contributed by atoms with Crippen molar-refractivity contribution in [3.63, 3.8) is 0 Å². The molecule has 1 atom stereocenters. The zero-order valence-electron chi connectivity index (χ0n) is 14.0. The third kappa shape index (κ3) is 2.63. The maximum atomic E-state index is 12.9. The van der Waals surface area contributed by atoms with Crippen LogP contribution in [0.4, 0.5) is 0 Å². The van der Waals surface area contributed by atoms with Crippen LogP contribution in [0.3, 0.4) is 0 Å². The summed E-state index contributed by atoms with van der Waals surface area (Å²) in [4.78, 5) is 21.3. The highest BCUT2D eigenvalue weighted by Gasteiger charge is 2.26. The van der Waals surface area contributed by atoms with E-state index in [0.29, 0.717) is 5.92 Å². The Hall–Kier alpha value is -2.14. The predicted octanol–water partition coefficient (Wildman–Crippen LogP) is 4.24. The molecular weight excluding hydrogens is 318 g/mol. The summed E-state index contributed by atoms with van der Waals surface area (Å²) in [5.74, 6) is 0.757. The Labute approximate surface area is 145 Å². The lowest BCUT2D eigenvalue weighted by Crippen LogP contribution is -2.39. The number of rotatable bonds is 2. The first-order chi connectivity index (χ1) is 11.6. The fraction of sp³-hybridized carbons (Fsp3) is 0.368. The third-order valence-electron chi connectivity index (χ3n) is 4.76. The van der Waals surface area contributed by atoms with E-state index in [1.807, 2.05) is 40.6 Å². The molecule has 2 aromatic heterocycles. The number of nitrogens with zero attached hydrogens (tertiary/aromatic N) is 3. The van der Waals surface area contributed by atoms with E-state index in [-0.39, 0.29) is 5.91 Å². The molecule has 3 aromatic rings. The van der Waals surface area contributed by atoms with Crippen LogP contribution in [0.5, 0.6) is 0 Å². The number of benzene rings is 1. The number of carbonyl (C=O) groups excluding carboxylic acids is 1. The Morgan fingerprint density at radius 3 is 2.79 bits per heavy atom. The molecule has 0 unspecified atom stereocenters. The summed E-state index contributed by atoms with van der Waals surface area (Å²) < 4.78 is 2.05. The van der Waals surface area contributed by atoms with Crippen LogP contribution in [0.2, 0.25) is 0 Å². The van der Waals surface area contributed by atoms with E-state index in [0.717, 1.165) is 46.3 Å². The van der Waals surface area contributed by atoms with Crippen LogP contribution in [0.1, 0.15) is 35.1 Å². The van der Waals surface area contributed by atoms with E-state index in [1.165, 1.54) is 17.8 Å². The molecule has 0 aliphatic carbocycles. The second kappa shape index (κ2) is 6.06. The zero-order valence-corrected chi connectivity index (χ0v) is 14.8. The molecule has 24 heavy (non-hydrogen) atoms. The summed E-state index contributed by atoms with van der Waals surface area (Å²) in [6, 6.07) is 10.2. The lowest BCUT2D eigenvalue weighted by Gasteiger charge is -2.30. The number of imidazole rings is 1. The molecule has 0 radical (unpaired) electrons. The van der Waals surface area contributed by atoms with Crippen LogP contribution in [0.15, 0.2) is 36.5 Å². The van der Waals surface area contributed by atoms with Crippen LogP contribution in [0.25, 0.3) is 16.2 Å². The van der Waals surface area contributed by atoms with Gasteiger partial charge < -0.3 is 4.90 Å². The van der Waals surface area contributed by atoms with E-state index in [1.54, 1.807) is 0 Å². The number of aryl methyl sites for hydroxylation is 1. The Kier molecular flexibility index (Phi) is 3.88. The van der Waals surface area contributed by atoms with Crippen LogP contribution in [-0.4, -0.2) is 33.3 Å². The molecule has 1 saturated heterocycles. The summed E-state index contributed by atoms with van der Waals surface area (Å²) in [5.41, 5.74) is 3.05. The minimum atomic E-state index is 0.163. The lowest BCUT2D eigenvalue weighted by molar-refractivity contribution is 0.0687. The molecule has 0 spiro atoms. The standard InChI is InChI=1S/C19H21N3OS/c1-13-7-6-10-21(11-13)18(23)17-14(2)22-12-16(20-19(22)24-17)15-8-4-3-5-9-15/h3-5,8-9,12-13H,6-7,10-11H2,1-2H3/t13-/m0/s1. The Balaban J connectivity index is 1.67. The molecule has 1 aliphatic rings. The second-order valence-electron chi connectivity index (χ2n) is 6.66. The van der Waals surface area contributed by atoms with Crippen molar-refractivity contribution in [3.8, 4) is 11.3 Å². The molecule has 1 amide bonds. The van der Waals surface area contributed by atoms with Gasteiger partial charge in [-0.25, -0.2) is 4.98 Å². The first-order valence-corrected chi connectivity index (χ1v) is 9.28. The second-order valence-corrected chi connectivity index (χ2v) is 7.64. The molecule has 124 valence electrons. The molecule has 5 heteroatoms. The number of thiazole rings is 1. The summed E-state index contributed by atoms with van der Waals surface area (Å²) in [6.07, 6.45) is 4.36. The van der Waals surface area contributed by atoms with Gasteiger partial charge in [-0.15, -0.1) is 0 Å². The topological polar surface area (TPSA) is 37.6 Å². The van der Waals surface area contributed by atoms with E-state index < -0.39 is 0 Å². The zero-order chi connectivity index (χ0) is 16.7. The summed E-state index contributed by atoms with van der Waals surface area (Å²) in [7, 11) is 0. The molecule has 0 bridgehead atoms. The fourth-order valence-electron chi connectivity index (χ4n) is 3.41. The third-order valence-corrected chi connectivity index (χ3v) is 5.91. The smallest absolute Gasteiger partial charge is 0.265 e. The Morgan fingerprint density at radius 1 is 1.29 bits per heavy atom. The van der Waals surface area contributed by atoms with Crippen molar-refractivity contribution < 1.29 is 4.79 Å². The molecule has 4 rings (SSSR count). The average Bonchev–Trinajstić information content (AvgIpc) is 3.15. The highest BCUT2D eigenvalue weighted by Crippen LogP contribution is 2.29. The van der Waals surface area contributed by atoms with Crippen molar-refractivity contribution in [3.05, 3.63) is 47.1 Å². The summed E-state index contributed by atoms with van der Waals surface area (Å²) in [5, 5.41) is 0. The van der Waals surface area contributed by atoms with Crippen LogP contribution in [0, 0.1) is 12.8 Å². The largest absolute Gasteiger partial charge is 0.338 e. The van der Waals surface area contributed by atoms with E-state index in [2.05, 4.69) is 19.1 Å². The number of fused-ring (bicyclic) bond motifs is 1. The highest BCUT2D eigenvalue weighted by atomic mass is 32.1. The van der Waals surface area contributed by atoms with Gasteiger partial charge in [0.15, 0.2) is 4.96 Å². The van der Waals surface area contributed by atoms with Gasteiger partial charge in [-0.2, -0.15) is 0 Å². The predicted molar refractivity (Wildman–Crippen MR) is 97.5 cm³/mol. The van der Waals surface area contributed by atoms with Gasteiger partial charge in [0.25, 0.3) is 5.91 Å². The van der Waals surface area contributed by atoms with Crippen molar-refractivity contribution >= 4 is 22.2 Å². The molecule has 1 aromatic carbocycles. The lowest BCUT2D eigenvalue weighted by atomic mass is 10.0. The fourth-order valence-corrected chi connectivity index (χ4v) is 4.49. The molecule has 4 nitrogen and oxygen atoms in total. The number of hydrogen-bond acceptors (Lipinski definition) is 3. The van der Waals surface area contributed by atoms with E-state index >= 15 is 0 Å². The number of amides is 1. The summed E-state index contributed by atoms with van der Waals surface area (Å²) in [6.45, 7) is 5.98. The molecule has 0 N–H and O–H groups in total. The van der Waals surface area contributed by atoms with Gasteiger partial charge in [0, 0.05) is 30.5 Å². The SMILES string of the molecule is Cc1c(C(=O)N2CCC[C@H](C)C2)sc2nc(-c3ccccc3)cn12. The number of carbonyl (C=O) groups is 1. The number of likely N-dealkylation sites (tertiary alicyclic amines) is 1. The minimum absolute atomic E-state index is 0.163. The van der Waals surface area contributed by atoms with Crippen LogP contribution >= 0.6 is 11.3 Å². The molecule has 0 saturated carbocycles. The number of hydrogen-bond donors (Lipinski definition) is 0. The van der Waals surface area contributed by atoms with Gasteiger partial charge in [0.1, 0.15) is 4.88 Å². The normalized spacial score (nSPS) is 18.2. The van der Waals surface area contributed by atoms with Gasteiger partial charge >= 0.3 is 0 Å². The van der Waals surface area contributed by atoms with Crippen molar-refractivity contribution in [1.82, 2.24) is 14.3 Å². The van der Waals surface area contributed by atoms with Crippen LogP contribution in [-0.2, 0) is 0 Å². The maximum Gasteiger partial charge on any atom is 0.265 e. The molecule has 1 fully saturated rings. The van der Waals surface area contributed by atoms with Crippen molar-refractivity contribution in [2.75, 3.05) is 13.1 Å². The quantitative estimate of drug-likeness (QED) is 0.700. The van der Waals surface area contributed by atoms with Crippen molar-refractivity contribution in [2.45, 2.75) is 26.7 Å². The monoisotopic (exact) mass is 339 g/mol. The van der Waals surface area contributed by atoms with Crippen LogP contribution < -0.4 is 0 Å². The molecule has 3 heterocycles. The average molecular weight is 339 g/mol. The maximum absolute atomic E-state index is 12.9. The number of aromatic nitrogens is 2. The Bertz CT molecular complexity index is 881. The van der Waals surface area contributed by atoms with Gasteiger partial charge in [-0.1, -0.05) is 48.6 Å². The van der Waals surface area contributed by atoms with Crippen molar-refractivity contribution in [1.29, 1.82) is 0 Å². The van der Waals surface area contributed by atoms with E-state index in [4.69, 9.17) is 4.98 Å². The molecular formula is C19H21N3OS. The number of piperidine rings is 1. The minimum Gasteiger partial charge on any atom is -0.338 e. The highest BCUT2D eigenvalue weighted by molar-refractivity contribution is 7.19. The summed E-state index contributed by atoms with van der Waals surface area (Å²) >= 11 is 1.50. The van der Waals surface area contributed by atoms with Gasteiger partial charge in [-0.05, 0) is 25.7 Å². The first-order valence-electron chi connectivity index (χ1n) is 8.46. The van der Waals surface area contributed by atoms with E-state index in [9.17, 15) is 4.79 Å². The van der Waals surface area contributed by atoms with Gasteiger partial charge in [-0.3, -0.25) is 9.20 Å².